The predicted octanol–water partition coefficient (Wildman–Crippen LogP) is 0.542. The van der Waals surface area contributed by atoms with Crippen LogP contribution in [0.3, 0.4) is 0 Å². The normalized spacial score (nSPS) is 25.1. The maximum Gasteiger partial charge on any atom is 0.0346 e. The molecule has 3 nitrogen and oxygen atoms in total. The number of nitrogens with one attached hydrogen (secondary N) is 1. The second kappa shape index (κ2) is 5.10. The molecule has 0 aliphatic carbocycles. The third-order valence-electron chi connectivity index (χ3n) is 3.54. The van der Waals surface area contributed by atoms with Crippen LogP contribution in [0.5, 0.6) is 0 Å². The molecule has 0 spiro atoms. The van der Waals surface area contributed by atoms with Crippen molar-refractivity contribution in [3.8, 4) is 0 Å². The molecule has 0 atom stereocenters. The van der Waals surface area contributed by atoms with Crippen molar-refractivity contribution in [3.05, 3.63) is 12.2 Å². The van der Waals surface area contributed by atoms with Crippen LogP contribution in [0.15, 0.2) is 12.2 Å². The first-order valence-corrected chi connectivity index (χ1v) is 6.07. The molecule has 15 heavy (non-hydrogen) atoms. The first-order chi connectivity index (χ1) is 7.25. The Bertz CT molecular complexity index is 215. The molecule has 2 aliphatic heterocycles. The molecular weight excluding hydrogens is 186 g/mol. The quantitative estimate of drug-likeness (QED) is 0.682. The minimum atomic E-state index is 0.827. The van der Waals surface area contributed by atoms with Gasteiger partial charge in [-0.2, -0.15) is 0 Å². The van der Waals surface area contributed by atoms with Gasteiger partial charge in [0.05, 0.1) is 0 Å². The van der Waals surface area contributed by atoms with Crippen LogP contribution in [0, 0.1) is 0 Å². The van der Waals surface area contributed by atoms with Gasteiger partial charge in [-0.15, -0.1) is 6.58 Å². The molecule has 0 radical (unpaired) electrons. The summed E-state index contributed by atoms with van der Waals surface area (Å²) in [5.74, 6) is 0. The lowest BCUT2D eigenvalue weighted by molar-refractivity contribution is 0.0735. The van der Waals surface area contributed by atoms with E-state index in [9.17, 15) is 0 Å². The van der Waals surface area contributed by atoms with Gasteiger partial charge >= 0.3 is 0 Å². The van der Waals surface area contributed by atoms with E-state index < -0.39 is 0 Å². The number of hydrogen-bond acceptors (Lipinski definition) is 3. The van der Waals surface area contributed by atoms with Gasteiger partial charge in [0, 0.05) is 51.9 Å². The van der Waals surface area contributed by atoms with E-state index in [-0.39, 0.29) is 0 Å². The zero-order chi connectivity index (χ0) is 10.7. The fraction of sp³-hybridized carbons (Fsp3) is 0.833. The Labute approximate surface area is 93.1 Å². The molecule has 0 unspecified atom stereocenters. The van der Waals surface area contributed by atoms with E-state index in [1.54, 1.807) is 0 Å². The second-order valence-corrected chi connectivity index (χ2v) is 4.90. The van der Waals surface area contributed by atoms with Crippen LogP contribution in [-0.4, -0.2) is 61.7 Å². The van der Waals surface area contributed by atoms with Crippen molar-refractivity contribution < 1.29 is 0 Å². The van der Waals surface area contributed by atoms with Gasteiger partial charge in [0.25, 0.3) is 0 Å². The number of piperazine rings is 1. The van der Waals surface area contributed by atoms with E-state index in [2.05, 4.69) is 28.6 Å². The molecule has 0 bridgehead atoms. The van der Waals surface area contributed by atoms with E-state index in [4.69, 9.17) is 0 Å². The van der Waals surface area contributed by atoms with Crippen molar-refractivity contribution in [2.24, 2.45) is 0 Å². The SMILES string of the molecule is C=C(C)CCN1CCN(C2CNC2)CC1. The highest BCUT2D eigenvalue weighted by Gasteiger charge is 2.27. The number of hydrogen-bond donors (Lipinski definition) is 1. The third-order valence-corrected chi connectivity index (χ3v) is 3.54. The van der Waals surface area contributed by atoms with Gasteiger partial charge in [0.1, 0.15) is 0 Å². The van der Waals surface area contributed by atoms with E-state index >= 15 is 0 Å². The summed E-state index contributed by atoms with van der Waals surface area (Å²) in [4.78, 5) is 5.20. The lowest BCUT2D eigenvalue weighted by Crippen LogP contribution is -2.61. The highest BCUT2D eigenvalue weighted by Crippen LogP contribution is 2.10. The van der Waals surface area contributed by atoms with Crippen LogP contribution >= 0.6 is 0 Å². The topological polar surface area (TPSA) is 18.5 Å². The monoisotopic (exact) mass is 209 g/mol. The molecule has 0 aromatic rings. The summed E-state index contributed by atoms with van der Waals surface area (Å²) in [7, 11) is 0. The molecule has 0 aromatic heterocycles. The largest absolute Gasteiger partial charge is 0.314 e. The minimum absolute atomic E-state index is 0.827. The molecule has 2 saturated heterocycles. The fourth-order valence-corrected chi connectivity index (χ4v) is 2.23. The summed E-state index contributed by atoms with van der Waals surface area (Å²) in [5.41, 5.74) is 1.31. The van der Waals surface area contributed by atoms with Crippen molar-refractivity contribution in [2.75, 3.05) is 45.8 Å². The number of nitrogens with zero attached hydrogens (tertiary/aromatic N) is 2. The van der Waals surface area contributed by atoms with Gasteiger partial charge in [0.2, 0.25) is 0 Å². The summed E-state index contributed by atoms with van der Waals surface area (Å²) in [5, 5.41) is 3.34. The van der Waals surface area contributed by atoms with Gasteiger partial charge in [-0.3, -0.25) is 4.90 Å². The molecule has 0 amide bonds. The Hall–Kier alpha value is -0.380. The van der Waals surface area contributed by atoms with Crippen LogP contribution in [0.4, 0.5) is 0 Å². The van der Waals surface area contributed by atoms with Gasteiger partial charge < -0.3 is 10.2 Å². The minimum Gasteiger partial charge on any atom is -0.314 e. The lowest BCUT2D eigenvalue weighted by atomic mass is 10.1. The molecule has 0 saturated carbocycles. The first-order valence-electron chi connectivity index (χ1n) is 6.07. The van der Waals surface area contributed by atoms with Gasteiger partial charge in [0.15, 0.2) is 0 Å². The molecule has 1 N–H and O–H groups in total. The van der Waals surface area contributed by atoms with E-state index in [0.717, 1.165) is 12.5 Å². The van der Waals surface area contributed by atoms with Crippen molar-refractivity contribution in [3.63, 3.8) is 0 Å². The molecule has 2 aliphatic rings. The van der Waals surface area contributed by atoms with Crippen molar-refractivity contribution in [1.29, 1.82) is 0 Å². The Morgan fingerprint density at radius 2 is 1.93 bits per heavy atom. The highest BCUT2D eigenvalue weighted by molar-refractivity contribution is 4.91. The Balaban J connectivity index is 1.65. The Morgan fingerprint density at radius 3 is 2.40 bits per heavy atom. The summed E-state index contributed by atoms with van der Waals surface area (Å²) in [6.07, 6.45) is 1.16. The maximum absolute atomic E-state index is 3.96. The van der Waals surface area contributed by atoms with Gasteiger partial charge in [-0.25, -0.2) is 0 Å². The molecule has 2 rings (SSSR count). The molecule has 2 fully saturated rings. The average Bonchev–Trinajstić information content (AvgIpc) is 2.14. The van der Waals surface area contributed by atoms with Crippen molar-refractivity contribution >= 4 is 0 Å². The van der Waals surface area contributed by atoms with Crippen LogP contribution in [0.1, 0.15) is 13.3 Å². The summed E-state index contributed by atoms with van der Waals surface area (Å²) in [6, 6.07) is 0.827. The predicted molar refractivity (Wildman–Crippen MR) is 64.1 cm³/mol. The van der Waals surface area contributed by atoms with Crippen LogP contribution in [-0.2, 0) is 0 Å². The highest BCUT2D eigenvalue weighted by atomic mass is 15.3. The van der Waals surface area contributed by atoms with Crippen LogP contribution in [0.25, 0.3) is 0 Å². The average molecular weight is 209 g/mol. The van der Waals surface area contributed by atoms with E-state index in [1.165, 1.54) is 51.4 Å². The van der Waals surface area contributed by atoms with E-state index in [0.29, 0.717) is 0 Å². The molecule has 0 aromatic carbocycles. The zero-order valence-corrected chi connectivity index (χ0v) is 9.84. The molecule has 2 heterocycles. The smallest absolute Gasteiger partial charge is 0.0346 e. The van der Waals surface area contributed by atoms with Gasteiger partial charge in [-0.1, -0.05) is 5.57 Å². The molecule has 86 valence electrons. The second-order valence-electron chi connectivity index (χ2n) is 4.90. The Kier molecular flexibility index (Phi) is 3.78. The lowest BCUT2D eigenvalue weighted by Gasteiger charge is -2.43. The summed E-state index contributed by atoms with van der Waals surface area (Å²) >= 11 is 0. The summed E-state index contributed by atoms with van der Waals surface area (Å²) in [6.45, 7) is 14.7. The van der Waals surface area contributed by atoms with Gasteiger partial charge in [-0.05, 0) is 13.3 Å². The van der Waals surface area contributed by atoms with Crippen molar-refractivity contribution in [1.82, 2.24) is 15.1 Å². The molecular formula is C12H23N3. The zero-order valence-electron chi connectivity index (χ0n) is 9.84. The first kappa shape index (κ1) is 11.1. The summed E-state index contributed by atoms with van der Waals surface area (Å²) < 4.78 is 0. The van der Waals surface area contributed by atoms with Crippen LogP contribution < -0.4 is 5.32 Å². The third kappa shape index (κ3) is 3.03. The Morgan fingerprint density at radius 1 is 1.27 bits per heavy atom. The van der Waals surface area contributed by atoms with E-state index in [1.807, 2.05) is 0 Å². The van der Waals surface area contributed by atoms with Crippen LogP contribution in [0.2, 0.25) is 0 Å². The maximum atomic E-state index is 3.96. The standard InChI is InChI=1S/C12H23N3/c1-11(2)3-4-14-5-7-15(8-6-14)12-9-13-10-12/h12-13H,1,3-10H2,2H3. The fourth-order valence-electron chi connectivity index (χ4n) is 2.23. The molecule has 3 heteroatoms. The number of rotatable bonds is 4. The van der Waals surface area contributed by atoms with Crippen molar-refractivity contribution in [2.45, 2.75) is 19.4 Å².